The van der Waals surface area contributed by atoms with Crippen LogP contribution in [0.5, 0.6) is 5.75 Å². The first-order chi connectivity index (χ1) is 17.3. The van der Waals surface area contributed by atoms with Gasteiger partial charge in [0.25, 0.3) is 5.56 Å². The number of para-hydroxylation sites is 1. The second kappa shape index (κ2) is 10.6. The molecule has 4 aromatic rings. The molecule has 2 aromatic heterocycles. The minimum Gasteiger partial charge on any atom is -0.497 e. The maximum Gasteiger partial charge on any atom is 0.252 e. The normalized spacial score (nSPS) is 12.9. The second-order valence-corrected chi connectivity index (χ2v) is 9.95. The van der Waals surface area contributed by atoms with E-state index in [0.29, 0.717) is 18.7 Å². The third kappa shape index (κ3) is 5.18. The van der Waals surface area contributed by atoms with E-state index in [1.165, 1.54) is 0 Å². The quantitative estimate of drug-likeness (QED) is 0.333. The molecule has 0 radical (unpaired) electrons. The number of ether oxygens (including phenoxy) is 1. The number of tetrazole rings is 1. The van der Waals surface area contributed by atoms with Crippen LogP contribution < -0.4 is 10.3 Å². The highest BCUT2D eigenvalue weighted by Gasteiger charge is 2.31. The summed E-state index contributed by atoms with van der Waals surface area (Å²) in [4.78, 5) is 18.6. The molecule has 0 aliphatic rings. The summed E-state index contributed by atoms with van der Waals surface area (Å²) in [6.45, 7) is 11.7. The fourth-order valence-corrected chi connectivity index (χ4v) is 4.59. The Kier molecular flexibility index (Phi) is 7.54. The SMILES string of the molecule is CCC(c1nnnn1C(C)(C)CC)N(Cc1ccc(OC)cc1)Cc1cc2cccc(C)c2[nH]c1=O. The molecule has 0 saturated heterocycles. The van der Waals surface area contributed by atoms with Gasteiger partial charge in [0, 0.05) is 18.7 Å². The first-order valence-corrected chi connectivity index (χ1v) is 12.5. The molecule has 2 aromatic carbocycles. The lowest BCUT2D eigenvalue weighted by Gasteiger charge is -2.33. The largest absolute Gasteiger partial charge is 0.497 e. The number of aryl methyl sites for hydroxylation is 1. The van der Waals surface area contributed by atoms with E-state index >= 15 is 0 Å². The van der Waals surface area contributed by atoms with Gasteiger partial charge in [-0.2, -0.15) is 0 Å². The van der Waals surface area contributed by atoms with Crippen molar-refractivity contribution in [3.63, 3.8) is 0 Å². The van der Waals surface area contributed by atoms with Crippen LogP contribution in [0.2, 0.25) is 0 Å². The number of hydrogen-bond acceptors (Lipinski definition) is 6. The Morgan fingerprint density at radius 3 is 2.53 bits per heavy atom. The number of rotatable bonds is 10. The first-order valence-electron chi connectivity index (χ1n) is 12.5. The number of methoxy groups -OCH3 is 1. The molecule has 8 nitrogen and oxygen atoms in total. The number of hydrogen-bond donors (Lipinski definition) is 1. The summed E-state index contributed by atoms with van der Waals surface area (Å²) >= 11 is 0. The smallest absolute Gasteiger partial charge is 0.252 e. The predicted octanol–water partition coefficient (Wildman–Crippen LogP) is 5.13. The number of pyridine rings is 1. The topological polar surface area (TPSA) is 88.9 Å². The molecule has 36 heavy (non-hydrogen) atoms. The molecule has 4 rings (SSSR count). The lowest BCUT2D eigenvalue weighted by molar-refractivity contribution is 0.150. The molecule has 0 aliphatic heterocycles. The zero-order chi connectivity index (χ0) is 25.9. The van der Waals surface area contributed by atoms with Crippen molar-refractivity contribution in [2.75, 3.05) is 7.11 Å². The van der Waals surface area contributed by atoms with Crippen LogP contribution in [0.15, 0.2) is 53.3 Å². The first kappa shape index (κ1) is 25.6. The molecule has 1 atom stereocenters. The predicted molar refractivity (Wildman–Crippen MR) is 142 cm³/mol. The van der Waals surface area contributed by atoms with Crippen LogP contribution in [-0.2, 0) is 18.6 Å². The number of aromatic amines is 1. The minimum atomic E-state index is -0.226. The molecule has 1 unspecified atom stereocenters. The molecular formula is C28H36N6O2. The summed E-state index contributed by atoms with van der Waals surface area (Å²) in [5.41, 5.74) is 3.48. The lowest BCUT2D eigenvalue weighted by Crippen LogP contribution is -2.36. The van der Waals surface area contributed by atoms with Crippen molar-refractivity contribution in [1.29, 1.82) is 0 Å². The zero-order valence-electron chi connectivity index (χ0n) is 22.1. The van der Waals surface area contributed by atoms with E-state index in [1.54, 1.807) is 7.11 Å². The summed E-state index contributed by atoms with van der Waals surface area (Å²) in [5.74, 6) is 1.62. The monoisotopic (exact) mass is 488 g/mol. The van der Waals surface area contributed by atoms with Gasteiger partial charge in [0.05, 0.1) is 24.2 Å². The summed E-state index contributed by atoms with van der Waals surface area (Å²) in [6, 6.07) is 16.0. The Morgan fingerprint density at radius 1 is 1.11 bits per heavy atom. The average molecular weight is 489 g/mol. The van der Waals surface area contributed by atoms with Crippen LogP contribution in [0.4, 0.5) is 0 Å². The highest BCUT2D eigenvalue weighted by molar-refractivity contribution is 5.81. The fourth-order valence-electron chi connectivity index (χ4n) is 4.59. The van der Waals surface area contributed by atoms with Crippen LogP contribution in [-0.4, -0.2) is 37.2 Å². The average Bonchev–Trinajstić information content (AvgIpc) is 3.36. The Bertz CT molecular complexity index is 1370. The number of benzene rings is 2. The van der Waals surface area contributed by atoms with E-state index in [1.807, 2.05) is 48.0 Å². The van der Waals surface area contributed by atoms with Crippen LogP contribution in [0.3, 0.4) is 0 Å². The lowest BCUT2D eigenvalue weighted by atomic mass is 10.0. The van der Waals surface area contributed by atoms with Crippen LogP contribution in [0, 0.1) is 6.92 Å². The molecule has 8 heteroatoms. The molecule has 0 bridgehead atoms. The number of nitrogens with one attached hydrogen (secondary N) is 1. The standard InChI is InChI=1S/C28H36N6O2/c1-7-24(26-30-31-32-34(26)28(4,5)8-2)33(17-20-12-14-23(36-6)15-13-20)18-22-16-21-11-9-10-19(3)25(21)29-27(22)35/h9-16,24H,7-8,17-18H2,1-6H3,(H,29,35). The summed E-state index contributed by atoms with van der Waals surface area (Å²) in [7, 11) is 1.66. The van der Waals surface area contributed by atoms with Gasteiger partial charge in [-0.1, -0.05) is 44.2 Å². The molecule has 0 aliphatic carbocycles. The zero-order valence-corrected chi connectivity index (χ0v) is 22.1. The van der Waals surface area contributed by atoms with Gasteiger partial charge in [0.1, 0.15) is 5.75 Å². The van der Waals surface area contributed by atoms with E-state index in [4.69, 9.17) is 4.74 Å². The van der Waals surface area contributed by atoms with E-state index in [0.717, 1.165) is 46.4 Å². The van der Waals surface area contributed by atoms with E-state index < -0.39 is 0 Å². The summed E-state index contributed by atoms with van der Waals surface area (Å²) in [6.07, 6.45) is 1.69. The van der Waals surface area contributed by atoms with Gasteiger partial charge >= 0.3 is 0 Å². The Morgan fingerprint density at radius 2 is 1.86 bits per heavy atom. The van der Waals surface area contributed by atoms with E-state index in [2.05, 4.69) is 65.2 Å². The van der Waals surface area contributed by atoms with Gasteiger partial charge in [-0.25, -0.2) is 4.68 Å². The van der Waals surface area contributed by atoms with E-state index in [-0.39, 0.29) is 17.1 Å². The van der Waals surface area contributed by atoms with Gasteiger partial charge in [-0.05, 0) is 78.8 Å². The number of H-pyrrole nitrogens is 1. The molecule has 1 N–H and O–H groups in total. The van der Waals surface area contributed by atoms with Crippen molar-refractivity contribution in [3.05, 3.63) is 81.4 Å². The van der Waals surface area contributed by atoms with Gasteiger partial charge in [-0.3, -0.25) is 9.69 Å². The Labute approximate surface area is 212 Å². The minimum absolute atomic E-state index is 0.0696. The van der Waals surface area contributed by atoms with Gasteiger partial charge in [0.2, 0.25) is 0 Å². The van der Waals surface area contributed by atoms with Gasteiger partial charge in [0.15, 0.2) is 5.82 Å². The van der Waals surface area contributed by atoms with Crippen molar-refractivity contribution in [2.24, 2.45) is 0 Å². The number of fused-ring (bicyclic) bond motifs is 1. The van der Waals surface area contributed by atoms with Gasteiger partial charge < -0.3 is 9.72 Å². The molecule has 2 heterocycles. The highest BCUT2D eigenvalue weighted by atomic mass is 16.5. The Balaban J connectivity index is 1.77. The summed E-state index contributed by atoms with van der Waals surface area (Å²) in [5, 5.41) is 13.9. The molecule has 0 saturated carbocycles. The van der Waals surface area contributed by atoms with Crippen molar-refractivity contribution < 1.29 is 4.74 Å². The van der Waals surface area contributed by atoms with Crippen LogP contribution in [0.1, 0.15) is 69.1 Å². The molecule has 0 fully saturated rings. The third-order valence-corrected chi connectivity index (χ3v) is 7.14. The van der Waals surface area contributed by atoms with Crippen molar-refractivity contribution in [3.8, 4) is 5.75 Å². The fraction of sp³-hybridized carbons (Fsp3) is 0.429. The van der Waals surface area contributed by atoms with Crippen LogP contribution >= 0.6 is 0 Å². The van der Waals surface area contributed by atoms with Crippen molar-refractivity contribution >= 4 is 10.9 Å². The molecular weight excluding hydrogens is 452 g/mol. The second-order valence-electron chi connectivity index (χ2n) is 9.95. The molecule has 0 spiro atoms. The van der Waals surface area contributed by atoms with Crippen LogP contribution in [0.25, 0.3) is 10.9 Å². The highest BCUT2D eigenvalue weighted by Crippen LogP contribution is 2.30. The molecule has 0 amide bonds. The molecule has 190 valence electrons. The van der Waals surface area contributed by atoms with Gasteiger partial charge in [-0.15, -0.1) is 5.10 Å². The maximum atomic E-state index is 13.2. The maximum absolute atomic E-state index is 13.2. The number of aromatic nitrogens is 5. The Hall–Kier alpha value is -3.52. The number of nitrogens with zero attached hydrogens (tertiary/aromatic N) is 5. The summed E-state index contributed by atoms with van der Waals surface area (Å²) < 4.78 is 7.28. The van der Waals surface area contributed by atoms with Crippen molar-refractivity contribution in [1.82, 2.24) is 30.1 Å². The third-order valence-electron chi connectivity index (χ3n) is 7.14. The van der Waals surface area contributed by atoms with E-state index in [9.17, 15) is 4.79 Å². The van der Waals surface area contributed by atoms with Crippen molar-refractivity contribution in [2.45, 2.75) is 72.1 Å².